The van der Waals surface area contributed by atoms with Crippen LogP contribution in [0.25, 0.3) is 11.3 Å². The second-order valence-corrected chi connectivity index (χ2v) is 3.89. The van der Waals surface area contributed by atoms with Gasteiger partial charge >= 0.3 is 0 Å². The second-order valence-electron chi connectivity index (χ2n) is 3.45. The Balaban J connectivity index is 2.42. The molecular weight excluding hydrogens is 233 g/mol. The molecular formula is C11H9ClFNO2. The van der Waals surface area contributed by atoms with E-state index in [4.69, 9.17) is 16.1 Å². The summed E-state index contributed by atoms with van der Waals surface area (Å²) < 4.78 is 18.0. The van der Waals surface area contributed by atoms with E-state index in [1.165, 1.54) is 12.1 Å². The van der Waals surface area contributed by atoms with Gasteiger partial charge in [0.25, 0.3) is 0 Å². The van der Waals surface area contributed by atoms with E-state index >= 15 is 0 Å². The van der Waals surface area contributed by atoms with Gasteiger partial charge in [0.1, 0.15) is 17.6 Å². The molecule has 0 spiro atoms. The zero-order valence-corrected chi connectivity index (χ0v) is 9.20. The highest BCUT2D eigenvalue weighted by molar-refractivity contribution is 6.30. The lowest BCUT2D eigenvalue weighted by molar-refractivity contribution is 0.158. The summed E-state index contributed by atoms with van der Waals surface area (Å²) in [5.74, 6) is -0.112. The first-order chi connectivity index (χ1) is 7.56. The molecule has 1 aromatic heterocycles. The normalized spacial score (nSPS) is 12.8. The first-order valence-electron chi connectivity index (χ1n) is 4.67. The number of rotatable bonds is 2. The molecule has 0 aliphatic carbocycles. The summed E-state index contributed by atoms with van der Waals surface area (Å²) in [6, 6.07) is 5.64. The fraction of sp³-hybridized carbons (Fsp3) is 0.182. The molecule has 0 fully saturated rings. The molecule has 2 rings (SSSR count). The molecule has 0 amide bonds. The number of hydrogen-bond acceptors (Lipinski definition) is 3. The lowest BCUT2D eigenvalue weighted by Gasteiger charge is -1.97. The van der Waals surface area contributed by atoms with Crippen LogP contribution in [0.2, 0.25) is 5.02 Å². The molecule has 3 nitrogen and oxygen atoms in total. The van der Waals surface area contributed by atoms with Crippen molar-refractivity contribution in [1.29, 1.82) is 0 Å². The predicted molar refractivity (Wildman–Crippen MR) is 57.5 cm³/mol. The molecule has 0 bridgehead atoms. The van der Waals surface area contributed by atoms with Gasteiger partial charge in [-0.25, -0.2) is 4.39 Å². The van der Waals surface area contributed by atoms with Crippen molar-refractivity contribution < 1.29 is 14.0 Å². The minimum absolute atomic E-state index is 0.289. The minimum atomic E-state index is -0.745. The molecule has 16 heavy (non-hydrogen) atoms. The van der Waals surface area contributed by atoms with Gasteiger partial charge in [-0.2, -0.15) is 0 Å². The van der Waals surface area contributed by atoms with Gasteiger partial charge in [0.15, 0.2) is 5.76 Å². The number of halogens is 2. The van der Waals surface area contributed by atoms with Gasteiger partial charge in [-0.05, 0) is 25.1 Å². The highest BCUT2D eigenvalue weighted by atomic mass is 35.5. The Morgan fingerprint density at radius 1 is 1.38 bits per heavy atom. The van der Waals surface area contributed by atoms with Crippen LogP contribution in [0.5, 0.6) is 0 Å². The molecule has 1 unspecified atom stereocenters. The first-order valence-corrected chi connectivity index (χ1v) is 5.05. The Bertz CT molecular complexity index is 490. The van der Waals surface area contributed by atoms with Crippen LogP contribution in [0.1, 0.15) is 18.8 Å². The Morgan fingerprint density at radius 2 is 2.12 bits per heavy atom. The SMILES string of the molecule is CC(O)c1cc(-c2cc(F)cc(Cl)c2)no1. The van der Waals surface area contributed by atoms with Crippen LogP contribution in [-0.4, -0.2) is 10.3 Å². The van der Waals surface area contributed by atoms with Crippen LogP contribution in [0, 0.1) is 5.82 Å². The Morgan fingerprint density at radius 3 is 2.69 bits per heavy atom. The minimum Gasteiger partial charge on any atom is -0.385 e. The number of aromatic nitrogens is 1. The standard InChI is InChI=1S/C11H9ClFNO2/c1-6(15)11-5-10(14-16-11)7-2-8(12)4-9(13)3-7/h2-6,15H,1H3. The molecule has 5 heteroatoms. The van der Waals surface area contributed by atoms with Crippen molar-refractivity contribution in [3.05, 3.63) is 40.9 Å². The van der Waals surface area contributed by atoms with Crippen molar-refractivity contribution in [2.24, 2.45) is 0 Å². The highest BCUT2D eigenvalue weighted by Gasteiger charge is 2.11. The average Bonchev–Trinajstić information content (AvgIpc) is 2.64. The van der Waals surface area contributed by atoms with E-state index in [-0.39, 0.29) is 5.02 Å². The number of aliphatic hydroxyl groups excluding tert-OH is 1. The van der Waals surface area contributed by atoms with Crippen LogP contribution >= 0.6 is 11.6 Å². The number of benzene rings is 1. The van der Waals surface area contributed by atoms with Crippen molar-refractivity contribution in [3.63, 3.8) is 0 Å². The molecule has 0 saturated carbocycles. The second kappa shape index (κ2) is 4.23. The summed E-state index contributed by atoms with van der Waals surface area (Å²) in [6.07, 6.45) is -0.745. The van der Waals surface area contributed by atoms with Gasteiger partial charge in [-0.3, -0.25) is 0 Å². The van der Waals surface area contributed by atoms with Gasteiger partial charge in [0.05, 0.1) is 0 Å². The monoisotopic (exact) mass is 241 g/mol. The summed E-state index contributed by atoms with van der Waals surface area (Å²) in [5.41, 5.74) is 0.956. The first kappa shape index (κ1) is 11.1. The van der Waals surface area contributed by atoms with E-state index in [2.05, 4.69) is 5.16 Å². The summed E-state index contributed by atoms with van der Waals surface area (Å²) in [6.45, 7) is 1.56. The summed E-state index contributed by atoms with van der Waals surface area (Å²) in [4.78, 5) is 0. The molecule has 1 atom stereocenters. The number of hydrogen-bond donors (Lipinski definition) is 1. The van der Waals surface area contributed by atoms with E-state index in [0.717, 1.165) is 0 Å². The van der Waals surface area contributed by atoms with Crippen LogP contribution < -0.4 is 0 Å². The van der Waals surface area contributed by atoms with Crippen LogP contribution in [0.3, 0.4) is 0 Å². The summed E-state index contributed by atoms with van der Waals surface area (Å²) >= 11 is 5.72. The third-order valence-electron chi connectivity index (χ3n) is 2.10. The highest BCUT2D eigenvalue weighted by Crippen LogP contribution is 2.25. The topological polar surface area (TPSA) is 46.3 Å². The molecule has 84 valence electrons. The third kappa shape index (κ3) is 2.23. The van der Waals surface area contributed by atoms with Gasteiger partial charge in [0, 0.05) is 16.7 Å². The smallest absolute Gasteiger partial charge is 0.165 e. The maximum Gasteiger partial charge on any atom is 0.165 e. The van der Waals surface area contributed by atoms with E-state index in [0.29, 0.717) is 17.0 Å². The Kier molecular flexibility index (Phi) is 2.94. The van der Waals surface area contributed by atoms with Gasteiger partial charge in [-0.15, -0.1) is 0 Å². The molecule has 0 aliphatic rings. The zero-order valence-electron chi connectivity index (χ0n) is 8.45. The van der Waals surface area contributed by atoms with E-state index < -0.39 is 11.9 Å². The van der Waals surface area contributed by atoms with Crippen LogP contribution in [0.4, 0.5) is 4.39 Å². The molecule has 1 aromatic carbocycles. The van der Waals surface area contributed by atoms with Gasteiger partial charge < -0.3 is 9.63 Å². The van der Waals surface area contributed by atoms with Crippen molar-refractivity contribution in [2.45, 2.75) is 13.0 Å². The molecule has 1 N–H and O–H groups in total. The van der Waals surface area contributed by atoms with E-state index in [1.54, 1.807) is 19.1 Å². The maximum absolute atomic E-state index is 13.1. The molecule has 0 aliphatic heterocycles. The summed E-state index contributed by atoms with van der Waals surface area (Å²) in [5, 5.41) is 13.3. The lowest BCUT2D eigenvalue weighted by atomic mass is 10.1. The zero-order chi connectivity index (χ0) is 11.7. The summed E-state index contributed by atoms with van der Waals surface area (Å²) in [7, 11) is 0. The van der Waals surface area contributed by atoms with Crippen LogP contribution in [-0.2, 0) is 0 Å². The molecule has 1 heterocycles. The fourth-order valence-electron chi connectivity index (χ4n) is 1.32. The van der Waals surface area contributed by atoms with Crippen molar-refractivity contribution in [1.82, 2.24) is 5.16 Å². The van der Waals surface area contributed by atoms with E-state index in [1.807, 2.05) is 0 Å². The quantitative estimate of drug-likeness (QED) is 0.878. The van der Waals surface area contributed by atoms with Crippen LogP contribution in [0.15, 0.2) is 28.8 Å². The van der Waals surface area contributed by atoms with Crippen molar-refractivity contribution in [3.8, 4) is 11.3 Å². The molecule has 0 radical (unpaired) electrons. The predicted octanol–water partition coefficient (Wildman–Crippen LogP) is 3.19. The largest absolute Gasteiger partial charge is 0.385 e. The number of aliphatic hydroxyl groups is 1. The Labute approximate surface area is 96.4 Å². The lowest BCUT2D eigenvalue weighted by Crippen LogP contribution is -1.85. The average molecular weight is 242 g/mol. The van der Waals surface area contributed by atoms with Crippen molar-refractivity contribution >= 4 is 11.6 Å². The van der Waals surface area contributed by atoms with E-state index in [9.17, 15) is 9.50 Å². The van der Waals surface area contributed by atoms with Gasteiger partial charge in [0.2, 0.25) is 0 Å². The fourth-order valence-corrected chi connectivity index (χ4v) is 1.55. The van der Waals surface area contributed by atoms with Crippen molar-refractivity contribution in [2.75, 3.05) is 0 Å². The number of nitrogens with zero attached hydrogens (tertiary/aromatic N) is 1. The maximum atomic E-state index is 13.1. The molecule has 0 saturated heterocycles. The third-order valence-corrected chi connectivity index (χ3v) is 2.32. The van der Waals surface area contributed by atoms with Gasteiger partial charge in [-0.1, -0.05) is 16.8 Å². The molecule has 2 aromatic rings. The Hall–Kier alpha value is -1.39.